The van der Waals surface area contributed by atoms with Gasteiger partial charge < -0.3 is 5.32 Å². The molecule has 1 aromatic rings. The molecule has 2 N–H and O–H groups in total. The number of unbranched alkanes of at least 4 members (excludes halogenated alkanes) is 27. The molecule has 0 radical (unpaired) electrons. The molecule has 0 spiro atoms. The Balaban J connectivity index is 2.32. The number of amides is 1. The van der Waals surface area contributed by atoms with Gasteiger partial charge in [0.25, 0.3) is 10.1 Å². The Morgan fingerprint density at radius 1 is 0.558 bits per heavy atom. The van der Waals surface area contributed by atoms with Crippen LogP contribution < -0.4 is 5.32 Å². The molecule has 1 rings (SSSR count). The molecule has 0 atom stereocenters. The summed E-state index contributed by atoms with van der Waals surface area (Å²) in [5, 5.41) is 3.11. The van der Waals surface area contributed by atoms with E-state index in [1.54, 1.807) is 13.8 Å². The first-order valence-corrected chi connectivity index (χ1v) is 23.9. The number of aryl methyl sites for hydroxylation is 1. The molecule has 0 saturated carbocycles. The SMILES string of the molecule is CCCCCCCCCCCCCCCCCC(=O)NCCCc1cccc(C(C)(C)S(=O)(=O)O)c1CCCCCCCCCCCCCCCC. The van der Waals surface area contributed by atoms with Crippen molar-refractivity contribution in [2.75, 3.05) is 6.54 Å². The van der Waals surface area contributed by atoms with E-state index in [0.29, 0.717) is 18.5 Å². The zero-order valence-electron chi connectivity index (χ0n) is 34.9. The molecule has 0 aliphatic rings. The van der Waals surface area contributed by atoms with E-state index in [1.165, 1.54) is 161 Å². The van der Waals surface area contributed by atoms with Gasteiger partial charge in [-0.25, -0.2) is 0 Å². The molecule has 6 heteroatoms. The monoisotopic (exact) mass is 748 g/mol. The molecule has 0 saturated heterocycles. The Labute approximate surface area is 323 Å². The molecule has 304 valence electrons. The van der Waals surface area contributed by atoms with E-state index in [0.717, 1.165) is 56.1 Å². The summed E-state index contributed by atoms with van der Waals surface area (Å²) >= 11 is 0. The highest BCUT2D eigenvalue weighted by molar-refractivity contribution is 7.86. The van der Waals surface area contributed by atoms with E-state index in [2.05, 4.69) is 25.2 Å². The number of hydrogen-bond acceptors (Lipinski definition) is 3. The standard InChI is InChI=1S/C46H85NO4S/c1-5-7-9-11-13-15-17-19-21-23-25-27-29-31-33-40-45(48)47-41-35-37-42-36-34-39-44(46(3,4)52(49,50)51)43(42)38-32-30-28-26-24-22-20-18-16-14-12-10-8-6-2/h34,36,39H,5-33,35,37-38,40-41H2,1-4H3,(H,47,48)(H,49,50,51). The molecule has 1 aromatic carbocycles. The quantitative estimate of drug-likeness (QED) is 0.0524. The van der Waals surface area contributed by atoms with E-state index < -0.39 is 14.9 Å². The van der Waals surface area contributed by atoms with Crippen molar-refractivity contribution in [3.05, 3.63) is 34.9 Å². The predicted octanol–water partition coefficient (Wildman–Crippen LogP) is 14.1. The van der Waals surface area contributed by atoms with Crippen LogP contribution in [-0.4, -0.2) is 25.4 Å². The van der Waals surface area contributed by atoms with Gasteiger partial charge in [-0.15, -0.1) is 0 Å². The second kappa shape index (κ2) is 31.9. The first kappa shape index (κ1) is 48.6. The minimum Gasteiger partial charge on any atom is -0.356 e. The highest BCUT2D eigenvalue weighted by Gasteiger charge is 2.36. The van der Waals surface area contributed by atoms with Crippen LogP contribution in [0.5, 0.6) is 0 Å². The maximum absolute atomic E-state index is 12.5. The summed E-state index contributed by atoms with van der Waals surface area (Å²) in [7, 11) is -4.27. The fraction of sp³-hybridized carbons (Fsp3) is 0.848. The molecular formula is C46H85NO4S. The lowest BCUT2D eigenvalue weighted by Crippen LogP contribution is -2.30. The summed E-state index contributed by atoms with van der Waals surface area (Å²) < 4.78 is 33.6. The van der Waals surface area contributed by atoms with Gasteiger partial charge in [0.05, 0.1) is 0 Å². The zero-order valence-corrected chi connectivity index (χ0v) is 35.7. The van der Waals surface area contributed by atoms with Gasteiger partial charge in [-0.1, -0.05) is 205 Å². The van der Waals surface area contributed by atoms with E-state index in [1.807, 2.05) is 12.1 Å². The van der Waals surface area contributed by atoms with Gasteiger partial charge in [-0.3, -0.25) is 9.35 Å². The van der Waals surface area contributed by atoms with Crippen LogP contribution in [0.2, 0.25) is 0 Å². The molecule has 0 bridgehead atoms. The van der Waals surface area contributed by atoms with E-state index in [9.17, 15) is 17.8 Å². The van der Waals surface area contributed by atoms with E-state index >= 15 is 0 Å². The highest BCUT2D eigenvalue weighted by Crippen LogP contribution is 2.34. The van der Waals surface area contributed by atoms with Crippen LogP contribution in [0, 0.1) is 0 Å². The zero-order chi connectivity index (χ0) is 38.2. The third-order valence-corrected chi connectivity index (χ3v) is 12.8. The van der Waals surface area contributed by atoms with Gasteiger partial charge in [-0.2, -0.15) is 8.42 Å². The van der Waals surface area contributed by atoms with Gasteiger partial charge in [0, 0.05) is 13.0 Å². The number of benzene rings is 1. The highest BCUT2D eigenvalue weighted by atomic mass is 32.2. The largest absolute Gasteiger partial charge is 0.356 e. The summed E-state index contributed by atoms with van der Waals surface area (Å²) in [6, 6.07) is 5.89. The van der Waals surface area contributed by atoms with Gasteiger partial charge >= 0.3 is 0 Å². The van der Waals surface area contributed by atoms with Crippen molar-refractivity contribution in [2.24, 2.45) is 0 Å². The minimum atomic E-state index is -4.27. The first-order chi connectivity index (χ1) is 25.1. The number of nitrogens with one attached hydrogen (secondary N) is 1. The van der Waals surface area contributed by atoms with Crippen LogP contribution in [0.25, 0.3) is 0 Å². The summed E-state index contributed by atoms with van der Waals surface area (Å²) in [4.78, 5) is 12.5. The van der Waals surface area contributed by atoms with Crippen molar-refractivity contribution < 1.29 is 17.8 Å². The van der Waals surface area contributed by atoms with Crippen LogP contribution in [0.4, 0.5) is 0 Å². The Kier molecular flexibility index (Phi) is 29.8. The van der Waals surface area contributed by atoms with E-state index in [4.69, 9.17) is 0 Å². The third-order valence-electron chi connectivity index (χ3n) is 11.3. The van der Waals surface area contributed by atoms with Crippen molar-refractivity contribution in [1.29, 1.82) is 0 Å². The van der Waals surface area contributed by atoms with Crippen LogP contribution >= 0.6 is 0 Å². The number of carbonyl (C=O) groups is 1. The lowest BCUT2D eigenvalue weighted by atomic mass is 9.88. The summed E-state index contributed by atoms with van der Waals surface area (Å²) in [6.45, 7) is 8.39. The van der Waals surface area contributed by atoms with Gasteiger partial charge in [0.1, 0.15) is 4.75 Å². The molecule has 0 aliphatic carbocycles. The molecule has 0 heterocycles. The van der Waals surface area contributed by atoms with Crippen molar-refractivity contribution in [3.63, 3.8) is 0 Å². The normalized spacial score (nSPS) is 12.1. The lowest BCUT2D eigenvalue weighted by molar-refractivity contribution is -0.121. The molecule has 0 aliphatic heterocycles. The maximum atomic E-state index is 12.5. The molecule has 52 heavy (non-hydrogen) atoms. The van der Waals surface area contributed by atoms with Crippen molar-refractivity contribution in [3.8, 4) is 0 Å². The fourth-order valence-electron chi connectivity index (χ4n) is 7.62. The average molecular weight is 748 g/mol. The van der Waals surface area contributed by atoms with Crippen molar-refractivity contribution in [2.45, 2.75) is 244 Å². The predicted molar refractivity (Wildman–Crippen MR) is 226 cm³/mol. The van der Waals surface area contributed by atoms with Crippen LogP contribution in [0.1, 0.15) is 243 Å². The van der Waals surface area contributed by atoms with Crippen molar-refractivity contribution >= 4 is 16.0 Å². The Morgan fingerprint density at radius 2 is 0.942 bits per heavy atom. The first-order valence-electron chi connectivity index (χ1n) is 22.5. The molecule has 1 amide bonds. The number of carbonyl (C=O) groups excluding carboxylic acids is 1. The molecule has 0 aromatic heterocycles. The fourth-order valence-corrected chi connectivity index (χ4v) is 8.08. The second-order valence-corrected chi connectivity index (χ2v) is 18.4. The second-order valence-electron chi connectivity index (χ2n) is 16.4. The van der Waals surface area contributed by atoms with Crippen molar-refractivity contribution in [1.82, 2.24) is 5.32 Å². The van der Waals surface area contributed by atoms with Gasteiger partial charge in [0.15, 0.2) is 0 Å². The summed E-state index contributed by atoms with van der Waals surface area (Å²) in [5.74, 6) is 0.138. The lowest BCUT2D eigenvalue weighted by Gasteiger charge is -2.26. The molecule has 5 nitrogen and oxygen atoms in total. The van der Waals surface area contributed by atoms with E-state index in [-0.39, 0.29) is 5.91 Å². The molecule has 0 fully saturated rings. The van der Waals surface area contributed by atoms with Crippen LogP contribution in [0.3, 0.4) is 0 Å². The topological polar surface area (TPSA) is 83.5 Å². The van der Waals surface area contributed by atoms with Gasteiger partial charge in [0.2, 0.25) is 5.91 Å². The summed E-state index contributed by atoms with van der Waals surface area (Å²) in [6.07, 6.45) is 41.1. The Hall–Kier alpha value is -1.40. The summed E-state index contributed by atoms with van der Waals surface area (Å²) in [5.41, 5.74) is 2.91. The Morgan fingerprint density at radius 3 is 1.35 bits per heavy atom. The van der Waals surface area contributed by atoms with Crippen LogP contribution in [-0.2, 0) is 32.5 Å². The molecule has 0 unspecified atom stereocenters. The number of hydrogen-bond donors (Lipinski definition) is 2. The van der Waals surface area contributed by atoms with Crippen LogP contribution in [0.15, 0.2) is 18.2 Å². The average Bonchev–Trinajstić information content (AvgIpc) is 3.11. The number of rotatable bonds is 37. The third kappa shape index (κ3) is 24.1. The minimum absolute atomic E-state index is 0.138. The molecular weight excluding hydrogens is 663 g/mol. The Bertz CT molecular complexity index is 1100. The maximum Gasteiger partial charge on any atom is 0.274 e. The smallest absolute Gasteiger partial charge is 0.274 e. The van der Waals surface area contributed by atoms with Gasteiger partial charge in [-0.05, 0) is 62.6 Å².